The maximum atomic E-state index is 11.4. The minimum atomic E-state index is -0.942. The summed E-state index contributed by atoms with van der Waals surface area (Å²) in [5, 5.41) is 12.8. The molecule has 98 valence electrons. The smallest absolute Gasteiger partial charge is 0.330 e. The minimum Gasteiger partial charge on any atom is -0.479 e. The first-order valence-electron chi connectivity index (χ1n) is 5.56. The molecular formula is C14H11BrClNO2. The summed E-state index contributed by atoms with van der Waals surface area (Å²) in [4.78, 5) is 11.4. The minimum absolute atomic E-state index is 0.560. The number of hydrogen-bond donors (Lipinski definition) is 2. The monoisotopic (exact) mass is 339 g/mol. The van der Waals surface area contributed by atoms with Crippen LogP contribution in [0.4, 0.5) is 5.69 Å². The molecule has 1 atom stereocenters. The van der Waals surface area contributed by atoms with Gasteiger partial charge in [-0.25, -0.2) is 4.79 Å². The summed E-state index contributed by atoms with van der Waals surface area (Å²) < 4.78 is 0.906. The van der Waals surface area contributed by atoms with E-state index in [9.17, 15) is 9.90 Å². The van der Waals surface area contributed by atoms with Crippen LogP contribution in [-0.4, -0.2) is 11.1 Å². The molecule has 3 nitrogen and oxygen atoms in total. The van der Waals surface area contributed by atoms with Gasteiger partial charge in [0.25, 0.3) is 0 Å². The van der Waals surface area contributed by atoms with Crippen molar-refractivity contribution in [3.63, 3.8) is 0 Å². The summed E-state index contributed by atoms with van der Waals surface area (Å²) >= 11 is 9.20. The maximum Gasteiger partial charge on any atom is 0.330 e. The first kappa shape index (κ1) is 13.9. The summed E-state index contributed by atoms with van der Waals surface area (Å²) in [5.41, 5.74) is 1.35. The molecule has 2 rings (SSSR count). The van der Waals surface area contributed by atoms with Gasteiger partial charge in [0.2, 0.25) is 0 Å². The Balaban J connectivity index is 2.26. The molecule has 0 saturated carbocycles. The molecule has 1 unspecified atom stereocenters. The molecule has 2 aromatic rings. The van der Waals surface area contributed by atoms with Crippen LogP contribution >= 0.6 is 27.5 Å². The fourth-order valence-corrected chi connectivity index (χ4v) is 2.14. The van der Waals surface area contributed by atoms with Gasteiger partial charge in [0.1, 0.15) is 0 Å². The second-order valence-electron chi connectivity index (χ2n) is 3.98. The van der Waals surface area contributed by atoms with Gasteiger partial charge < -0.3 is 10.4 Å². The third-order valence-electron chi connectivity index (χ3n) is 2.59. The quantitative estimate of drug-likeness (QED) is 0.870. The maximum absolute atomic E-state index is 11.4. The van der Waals surface area contributed by atoms with Crippen molar-refractivity contribution in [3.05, 3.63) is 63.6 Å². The molecule has 0 saturated heterocycles. The average Bonchev–Trinajstić information content (AvgIpc) is 2.37. The average molecular weight is 341 g/mol. The largest absolute Gasteiger partial charge is 0.479 e. The second-order valence-corrected chi connectivity index (χ2v) is 5.33. The first-order chi connectivity index (χ1) is 9.06. The van der Waals surface area contributed by atoms with E-state index in [1.807, 2.05) is 12.1 Å². The molecule has 0 aliphatic heterocycles. The van der Waals surface area contributed by atoms with E-state index in [-0.39, 0.29) is 0 Å². The van der Waals surface area contributed by atoms with E-state index in [0.717, 1.165) is 4.47 Å². The Labute approximate surface area is 124 Å². The van der Waals surface area contributed by atoms with Gasteiger partial charge in [-0.1, -0.05) is 45.7 Å². The van der Waals surface area contributed by atoms with Crippen molar-refractivity contribution < 1.29 is 9.90 Å². The van der Waals surface area contributed by atoms with Gasteiger partial charge in [-0.15, -0.1) is 0 Å². The topological polar surface area (TPSA) is 49.3 Å². The van der Waals surface area contributed by atoms with Gasteiger partial charge in [-0.2, -0.15) is 0 Å². The molecule has 0 spiro atoms. The van der Waals surface area contributed by atoms with Crippen LogP contribution in [0, 0.1) is 0 Å². The fraction of sp³-hybridized carbons (Fsp3) is 0.0714. The fourth-order valence-electron chi connectivity index (χ4n) is 1.69. The molecule has 0 amide bonds. The highest BCUT2D eigenvalue weighted by molar-refractivity contribution is 9.10. The van der Waals surface area contributed by atoms with Crippen LogP contribution in [0.5, 0.6) is 0 Å². The van der Waals surface area contributed by atoms with Crippen molar-refractivity contribution in [2.75, 3.05) is 5.32 Å². The molecule has 0 bridgehead atoms. The molecule has 0 aliphatic rings. The van der Waals surface area contributed by atoms with Crippen LogP contribution in [0.3, 0.4) is 0 Å². The number of carboxylic acids is 1. The van der Waals surface area contributed by atoms with E-state index in [4.69, 9.17) is 11.6 Å². The lowest BCUT2D eigenvalue weighted by Crippen LogP contribution is -2.20. The van der Waals surface area contributed by atoms with E-state index < -0.39 is 12.0 Å². The lowest BCUT2D eigenvalue weighted by Gasteiger charge is -2.16. The van der Waals surface area contributed by atoms with Crippen LogP contribution in [0.1, 0.15) is 11.6 Å². The normalized spacial score (nSPS) is 11.9. The summed E-state index contributed by atoms with van der Waals surface area (Å²) in [6, 6.07) is 13.3. The molecule has 5 heteroatoms. The van der Waals surface area contributed by atoms with Gasteiger partial charge >= 0.3 is 5.97 Å². The highest BCUT2D eigenvalue weighted by Crippen LogP contribution is 2.23. The second kappa shape index (κ2) is 6.08. The zero-order valence-electron chi connectivity index (χ0n) is 9.81. The summed E-state index contributed by atoms with van der Waals surface area (Å²) in [6.45, 7) is 0. The molecule has 0 fully saturated rings. The molecule has 19 heavy (non-hydrogen) atoms. The molecular weight excluding hydrogens is 330 g/mol. The Morgan fingerprint density at radius 2 is 1.89 bits per heavy atom. The van der Waals surface area contributed by atoms with Gasteiger partial charge in [-0.05, 0) is 35.9 Å². The van der Waals surface area contributed by atoms with Gasteiger partial charge in [0, 0.05) is 15.2 Å². The predicted octanol–water partition coefficient (Wildman–Crippen LogP) is 4.34. The number of carboxylic acid groups (broad SMARTS) is 1. The summed E-state index contributed by atoms with van der Waals surface area (Å²) in [6.07, 6.45) is 0. The van der Waals surface area contributed by atoms with Crippen LogP contribution in [0.2, 0.25) is 5.02 Å². The number of anilines is 1. The summed E-state index contributed by atoms with van der Waals surface area (Å²) in [5.74, 6) is -0.942. The van der Waals surface area contributed by atoms with Gasteiger partial charge in [-0.3, -0.25) is 0 Å². The Bertz CT molecular complexity index is 586. The van der Waals surface area contributed by atoms with Crippen molar-refractivity contribution >= 4 is 39.2 Å². The zero-order chi connectivity index (χ0) is 13.8. The lowest BCUT2D eigenvalue weighted by molar-refractivity contribution is -0.138. The number of nitrogens with one attached hydrogen (secondary N) is 1. The predicted molar refractivity (Wildman–Crippen MR) is 79.6 cm³/mol. The van der Waals surface area contributed by atoms with Crippen molar-refractivity contribution in [1.82, 2.24) is 0 Å². The highest BCUT2D eigenvalue weighted by Gasteiger charge is 2.19. The van der Waals surface area contributed by atoms with E-state index in [2.05, 4.69) is 21.2 Å². The molecule has 2 aromatic carbocycles. The Kier molecular flexibility index (Phi) is 4.45. The molecule has 0 aliphatic carbocycles. The van der Waals surface area contributed by atoms with Crippen molar-refractivity contribution in [2.24, 2.45) is 0 Å². The van der Waals surface area contributed by atoms with Crippen LogP contribution in [0.15, 0.2) is 53.0 Å². The van der Waals surface area contributed by atoms with Gasteiger partial charge in [0.05, 0.1) is 0 Å². The number of carbonyl (C=O) groups is 1. The number of rotatable bonds is 4. The number of hydrogen-bond acceptors (Lipinski definition) is 2. The third-order valence-corrected chi connectivity index (χ3v) is 3.35. The molecule has 0 radical (unpaired) electrons. The standard InChI is InChI=1S/C14H11BrClNO2/c15-10-6-4-9(5-7-10)13(14(18)19)17-12-3-1-2-11(16)8-12/h1-8,13,17H,(H,18,19). The summed E-state index contributed by atoms with van der Waals surface area (Å²) in [7, 11) is 0. The van der Waals surface area contributed by atoms with Crippen LogP contribution < -0.4 is 5.32 Å². The zero-order valence-corrected chi connectivity index (χ0v) is 12.1. The van der Waals surface area contributed by atoms with Crippen LogP contribution in [0.25, 0.3) is 0 Å². The Hall–Kier alpha value is -1.52. The molecule has 0 heterocycles. The van der Waals surface area contributed by atoms with E-state index >= 15 is 0 Å². The number of benzene rings is 2. The number of halogens is 2. The lowest BCUT2D eigenvalue weighted by atomic mass is 10.1. The third kappa shape index (κ3) is 3.72. The number of aliphatic carboxylic acids is 1. The van der Waals surface area contributed by atoms with Gasteiger partial charge in [0.15, 0.2) is 6.04 Å². The Morgan fingerprint density at radius 3 is 2.47 bits per heavy atom. The molecule has 0 aromatic heterocycles. The SMILES string of the molecule is O=C(O)C(Nc1cccc(Cl)c1)c1ccc(Br)cc1. The van der Waals surface area contributed by atoms with Crippen molar-refractivity contribution in [2.45, 2.75) is 6.04 Å². The van der Waals surface area contributed by atoms with E-state index in [1.54, 1.807) is 36.4 Å². The Morgan fingerprint density at radius 1 is 1.21 bits per heavy atom. The van der Waals surface area contributed by atoms with Crippen molar-refractivity contribution in [1.29, 1.82) is 0 Å². The van der Waals surface area contributed by atoms with E-state index in [0.29, 0.717) is 16.3 Å². The first-order valence-corrected chi connectivity index (χ1v) is 6.74. The van der Waals surface area contributed by atoms with Crippen LogP contribution in [-0.2, 0) is 4.79 Å². The highest BCUT2D eigenvalue weighted by atomic mass is 79.9. The molecule has 2 N–H and O–H groups in total. The van der Waals surface area contributed by atoms with Crippen molar-refractivity contribution in [3.8, 4) is 0 Å². The van der Waals surface area contributed by atoms with E-state index in [1.165, 1.54) is 0 Å².